The van der Waals surface area contributed by atoms with E-state index in [2.05, 4.69) is 32.2 Å². The van der Waals surface area contributed by atoms with Crippen molar-refractivity contribution >= 4 is 29.1 Å². The lowest BCUT2D eigenvalue weighted by Gasteiger charge is -2.39. The third-order valence-corrected chi connectivity index (χ3v) is 4.08. The number of nitrogens with zero attached hydrogens (tertiary/aromatic N) is 4. The first-order valence-corrected chi connectivity index (χ1v) is 8.33. The van der Waals surface area contributed by atoms with E-state index in [1.54, 1.807) is 30.3 Å². The summed E-state index contributed by atoms with van der Waals surface area (Å²) in [7, 11) is 1.54. The Balaban J connectivity index is 1.73. The number of carbonyl (C=O) groups excluding carboxylic acids is 2. The number of hydrogen-bond acceptors (Lipinski definition) is 8. The van der Waals surface area contributed by atoms with Crippen LogP contribution in [-0.4, -0.2) is 57.8 Å². The van der Waals surface area contributed by atoms with Gasteiger partial charge >= 0.3 is 0 Å². The first-order valence-electron chi connectivity index (χ1n) is 8.33. The van der Waals surface area contributed by atoms with Gasteiger partial charge in [-0.05, 0) is 19.1 Å². The first-order chi connectivity index (χ1) is 13.0. The lowest BCUT2D eigenvalue weighted by atomic mass is 10.1. The third-order valence-electron chi connectivity index (χ3n) is 4.08. The number of rotatable bonds is 7. The van der Waals surface area contributed by atoms with Crippen LogP contribution in [0, 0.1) is 0 Å². The topological polar surface area (TPSA) is 109 Å². The summed E-state index contributed by atoms with van der Waals surface area (Å²) in [6.07, 6.45) is 4.36. The molecule has 1 amide bonds. The second-order valence-electron chi connectivity index (χ2n) is 6.01. The van der Waals surface area contributed by atoms with Crippen LogP contribution in [0.25, 0.3) is 0 Å². The number of methoxy groups -OCH3 is 1. The number of likely N-dealkylation sites (tertiary alicyclic amines) is 1. The number of amides is 1. The van der Waals surface area contributed by atoms with E-state index in [9.17, 15) is 9.59 Å². The van der Waals surface area contributed by atoms with Crippen molar-refractivity contribution in [2.45, 2.75) is 13.0 Å². The minimum atomic E-state index is -0.145. The summed E-state index contributed by atoms with van der Waals surface area (Å²) < 4.78 is 5.02. The van der Waals surface area contributed by atoms with Crippen LogP contribution in [0.15, 0.2) is 37.2 Å². The predicted molar refractivity (Wildman–Crippen MR) is 100 cm³/mol. The number of ketones is 1. The van der Waals surface area contributed by atoms with Crippen molar-refractivity contribution in [3.8, 4) is 5.88 Å². The fraction of sp³-hybridized carbons (Fsp3) is 0.278. The molecule has 3 rings (SSSR count). The maximum absolute atomic E-state index is 11.9. The van der Waals surface area contributed by atoms with Gasteiger partial charge in [-0.25, -0.2) is 9.97 Å². The molecule has 9 heteroatoms. The van der Waals surface area contributed by atoms with Crippen LogP contribution < -0.4 is 15.4 Å². The minimum absolute atomic E-state index is 0.0115. The van der Waals surface area contributed by atoms with Crippen LogP contribution in [0.2, 0.25) is 0 Å². The molecule has 9 nitrogen and oxygen atoms in total. The Morgan fingerprint density at radius 2 is 2.07 bits per heavy atom. The molecule has 0 saturated carbocycles. The molecule has 0 aliphatic carbocycles. The maximum atomic E-state index is 11.9. The summed E-state index contributed by atoms with van der Waals surface area (Å²) in [6, 6.07) is 3.51. The Hall–Kier alpha value is -3.49. The summed E-state index contributed by atoms with van der Waals surface area (Å²) in [5.41, 5.74) is 1.07. The van der Waals surface area contributed by atoms with Crippen LogP contribution in [-0.2, 0) is 4.79 Å². The van der Waals surface area contributed by atoms with E-state index >= 15 is 0 Å². The molecule has 0 spiro atoms. The van der Waals surface area contributed by atoms with Crippen molar-refractivity contribution in [1.82, 2.24) is 19.9 Å². The Kier molecular flexibility index (Phi) is 5.30. The van der Waals surface area contributed by atoms with Crippen molar-refractivity contribution in [2.24, 2.45) is 0 Å². The van der Waals surface area contributed by atoms with E-state index < -0.39 is 0 Å². The number of hydrogen-bond donors (Lipinski definition) is 2. The first kappa shape index (κ1) is 18.3. The smallest absolute Gasteiger partial charge is 0.246 e. The van der Waals surface area contributed by atoms with Gasteiger partial charge in [0.15, 0.2) is 5.78 Å². The van der Waals surface area contributed by atoms with Gasteiger partial charge < -0.3 is 20.3 Å². The molecule has 0 bridgehead atoms. The van der Waals surface area contributed by atoms with Crippen LogP contribution in [0.3, 0.4) is 0 Å². The molecular weight excluding hydrogens is 348 g/mol. The third kappa shape index (κ3) is 4.20. The molecule has 1 saturated heterocycles. The molecule has 2 aromatic heterocycles. The van der Waals surface area contributed by atoms with Crippen molar-refractivity contribution in [1.29, 1.82) is 0 Å². The molecule has 1 fully saturated rings. The largest absolute Gasteiger partial charge is 0.481 e. The van der Waals surface area contributed by atoms with Crippen LogP contribution >= 0.6 is 0 Å². The average molecular weight is 368 g/mol. The zero-order chi connectivity index (χ0) is 19.4. The normalized spacial score (nSPS) is 13.5. The fourth-order valence-corrected chi connectivity index (χ4v) is 2.59. The molecule has 2 N–H and O–H groups in total. The Morgan fingerprint density at radius 3 is 2.67 bits per heavy atom. The molecule has 1 aliphatic heterocycles. The molecule has 0 radical (unpaired) electrons. The van der Waals surface area contributed by atoms with Crippen LogP contribution in [0.4, 0.5) is 17.5 Å². The van der Waals surface area contributed by atoms with Gasteiger partial charge in [0, 0.05) is 25.4 Å². The van der Waals surface area contributed by atoms with Gasteiger partial charge in [0.1, 0.15) is 5.82 Å². The standard InChI is InChI=1S/C18H20N6O3/c1-4-16(26)24-9-13(10-24)21-17-14(11(2)25)8-20-18(23-17)22-12-5-6-15(27-3)19-7-12/h4-8,13H,1,9-10H2,2-3H3,(H2,20,21,22,23). The summed E-state index contributed by atoms with van der Waals surface area (Å²) in [6.45, 7) is 5.98. The minimum Gasteiger partial charge on any atom is -0.481 e. The van der Waals surface area contributed by atoms with E-state index in [4.69, 9.17) is 4.74 Å². The molecule has 27 heavy (non-hydrogen) atoms. The molecule has 0 aromatic carbocycles. The van der Waals surface area contributed by atoms with Gasteiger partial charge in [0.2, 0.25) is 17.7 Å². The second kappa shape index (κ2) is 7.81. The van der Waals surface area contributed by atoms with Gasteiger partial charge in [0.05, 0.1) is 30.6 Å². The zero-order valence-corrected chi connectivity index (χ0v) is 15.1. The van der Waals surface area contributed by atoms with E-state index in [1.165, 1.54) is 19.2 Å². The number of anilines is 3. The number of pyridine rings is 1. The second-order valence-corrected chi connectivity index (χ2v) is 6.01. The van der Waals surface area contributed by atoms with Crippen molar-refractivity contribution in [3.63, 3.8) is 0 Å². The summed E-state index contributed by atoms with van der Waals surface area (Å²) >= 11 is 0. The zero-order valence-electron chi connectivity index (χ0n) is 15.1. The number of aromatic nitrogens is 3. The van der Waals surface area contributed by atoms with Crippen LogP contribution in [0.1, 0.15) is 17.3 Å². The van der Waals surface area contributed by atoms with Crippen molar-refractivity contribution in [2.75, 3.05) is 30.8 Å². The van der Waals surface area contributed by atoms with E-state index in [0.717, 1.165) is 0 Å². The molecule has 3 heterocycles. The van der Waals surface area contributed by atoms with Gasteiger partial charge in [-0.15, -0.1) is 0 Å². The van der Waals surface area contributed by atoms with Crippen LogP contribution in [0.5, 0.6) is 5.88 Å². The maximum Gasteiger partial charge on any atom is 0.246 e. The quantitative estimate of drug-likeness (QED) is 0.561. The summed E-state index contributed by atoms with van der Waals surface area (Å²) in [4.78, 5) is 37.8. The molecular formula is C18H20N6O3. The molecule has 140 valence electrons. The highest BCUT2D eigenvalue weighted by molar-refractivity contribution is 5.98. The Morgan fingerprint density at radius 1 is 1.30 bits per heavy atom. The Labute approximate surface area is 156 Å². The summed E-state index contributed by atoms with van der Waals surface area (Å²) in [5, 5.41) is 6.24. The highest BCUT2D eigenvalue weighted by Gasteiger charge is 2.30. The van der Waals surface area contributed by atoms with E-state index in [-0.39, 0.29) is 17.7 Å². The highest BCUT2D eigenvalue weighted by atomic mass is 16.5. The van der Waals surface area contributed by atoms with Gasteiger partial charge in [-0.3, -0.25) is 9.59 Å². The molecule has 0 unspecified atom stereocenters. The van der Waals surface area contributed by atoms with Gasteiger partial charge in [-0.2, -0.15) is 4.98 Å². The SMILES string of the molecule is C=CC(=O)N1CC(Nc2nc(Nc3ccc(OC)nc3)ncc2C(C)=O)C1. The van der Waals surface area contributed by atoms with E-state index in [1.807, 2.05) is 0 Å². The molecule has 1 aliphatic rings. The fourth-order valence-electron chi connectivity index (χ4n) is 2.59. The number of ether oxygens (including phenoxy) is 1. The lowest BCUT2D eigenvalue weighted by molar-refractivity contribution is -0.129. The molecule has 2 aromatic rings. The number of nitrogens with one attached hydrogen (secondary N) is 2. The highest BCUT2D eigenvalue weighted by Crippen LogP contribution is 2.21. The van der Waals surface area contributed by atoms with Crippen molar-refractivity contribution in [3.05, 3.63) is 42.7 Å². The van der Waals surface area contributed by atoms with Gasteiger partial charge in [-0.1, -0.05) is 6.58 Å². The summed E-state index contributed by atoms with van der Waals surface area (Å²) in [5.74, 6) is 0.995. The van der Waals surface area contributed by atoms with E-state index in [0.29, 0.717) is 42.0 Å². The number of carbonyl (C=O) groups is 2. The van der Waals surface area contributed by atoms with Gasteiger partial charge in [0.25, 0.3) is 0 Å². The Bertz CT molecular complexity index is 862. The molecule has 0 atom stereocenters. The monoisotopic (exact) mass is 368 g/mol. The van der Waals surface area contributed by atoms with Crippen molar-refractivity contribution < 1.29 is 14.3 Å². The average Bonchev–Trinajstić information content (AvgIpc) is 2.64. The predicted octanol–water partition coefficient (Wildman–Crippen LogP) is 1.64. The number of Topliss-reactive ketones (excluding diaryl/α,β-unsaturated/α-hetero) is 1. The lowest BCUT2D eigenvalue weighted by Crippen LogP contribution is -2.56.